The Morgan fingerprint density at radius 3 is 1.97 bits per heavy atom. The summed E-state index contributed by atoms with van der Waals surface area (Å²) in [6.45, 7) is 3.87. The van der Waals surface area contributed by atoms with E-state index < -0.39 is 20.1 Å². The van der Waals surface area contributed by atoms with Crippen LogP contribution in [-0.2, 0) is 30.7 Å². The largest absolute Gasteiger partial charge is 0.296 e. The van der Waals surface area contributed by atoms with E-state index in [2.05, 4.69) is 0 Å². The predicted molar refractivity (Wildman–Crippen MR) is 133 cm³/mol. The summed E-state index contributed by atoms with van der Waals surface area (Å²) in [6, 6.07) is 20.7. The first-order valence-electron chi connectivity index (χ1n) is 11.1. The molecule has 0 aliphatic rings. The van der Waals surface area contributed by atoms with E-state index in [0.29, 0.717) is 24.8 Å². The SMILES string of the molecule is Cc1ccc(S(=O)(=O)OCCCCc2cn(S(=O)(=O)c3ccc(C)cc3)c3ccccc23)cc1. The van der Waals surface area contributed by atoms with Gasteiger partial charge in [0.2, 0.25) is 0 Å². The Morgan fingerprint density at radius 2 is 1.32 bits per heavy atom. The van der Waals surface area contributed by atoms with Crippen molar-refractivity contribution in [1.82, 2.24) is 3.97 Å². The van der Waals surface area contributed by atoms with Gasteiger partial charge in [-0.05, 0) is 69.0 Å². The molecular formula is C26H27NO5S2. The molecule has 0 amide bonds. The van der Waals surface area contributed by atoms with Crippen LogP contribution in [0.15, 0.2) is 88.8 Å². The van der Waals surface area contributed by atoms with Gasteiger partial charge < -0.3 is 0 Å². The molecule has 4 aromatic rings. The third-order valence-corrected chi connectivity index (χ3v) is 8.74. The highest BCUT2D eigenvalue weighted by Crippen LogP contribution is 2.27. The van der Waals surface area contributed by atoms with Gasteiger partial charge in [0.05, 0.1) is 21.9 Å². The van der Waals surface area contributed by atoms with Crippen molar-refractivity contribution in [3.63, 3.8) is 0 Å². The van der Waals surface area contributed by atoms with Crippen LogP contribution in [0.2, 0.25) is 0 Å². The number of rotatable bonds is 9. The van der Waals surface area contributed by atoms with Gasteiger partial charge in [-0.3, -0.25) is 4.18 Å². The quantitative estimate of drug-likeness (QED) is 0.234. The Hall–Kier alpha value is -2.94. The van der Waals surface area contributed by atoms with Crippen molar-refractivity contribution in [3.05, 3.63) is 95.7 Å². The Balaban J connectivity index is 1.46. The van der Waals surface area contributed by atoms with Crippen molar-refractivity contribution in [3.8, 4) is 0 Å². The van der Waals surface area contributed by atoms with E-state index in [0.717, 1.165) is 22.1 Å². The maximum absolute atomic E-state index is 13.3. The van der Waals surface area contributed by atoms with Crippen LogP contribution < -0.4 is 0 Å². The van der Waals surface area contributed by atoms with Gasteiger partial charge in [-0.1, -0.05) is 53.6 Å². The summed E-state index contributed by atoms with van der Waals surface area (Å²) in [6.07, 6.45) is 3.45. The molecule has 8 heteroatoms. The van der Waals surface area contributed by atoms with Crippen LogP contribution in [0.3, 0.4) is 0 Å². The molecule has 0 saturated carbocycles. The smallest absolute Gasteiger partial charge is 0.266 e. The molecule has 178 valence electrons. The lowest BCUT2D eigenvalue weighted by Crippen LogP contribution is -2.11. The lowest BCUT2D eigenvalue weighted by atomic mass is 10.1. The Morgan fingerprint density at radius 1 is 0.735 bits per heavy atom. The first-order valence-corrected chi connectivity index (χ1v) is 13.9. The fraction of sp³-hybridized carbons (Fsp3) is 0.231. The highest BCUT2D eigenvalue weighted by atomic mass is 32.2. The van der Waals surface area contributed by atoms with Gasteiger partial charge in [0, 0.05) is 11.6 Å². The molecule has 3 aromatic carbocycles. The number of aryl methyl sites for hydroxylation is 3. The lowest BCUT2D eigenvalue weighted by molar-refractivity contribution is 0.308. The zero-order chi connectivity index (χ0) is 24.3. The van der Waals surface area contributed by atoms with Crippen LogP contribution in [0.5, 0.6) is 0 Å². The summed E-state index contributed by atoms with van der Waals surface area (Å²) in [5.41, 5.74) is 3.48. The number of hydrogen-bond acceptors (Lipinski definition) is 5. The fourth-order valence-electron chi connectivity index (χ4n) is 3.80. The first-order chi connectivity index (χ1) is 16.2. The van der Waals surface area contributed by atoms with Gasteiger partial charge in [-0.15, -0.1) is 0 Å². The van der Waals surface area contributed by atoms with Crippen LogP contribution in [0.4, 0.5) is 0 Å². The van der Waals surface area contributed by atoms with Crippen LogP contribution in [-0.4, -0.2) is 27.4 Å². The van der Waals surface area contributed by atoms with Crippen molar-refractivity contribution < 1.29 is 21.0 Å². The van der Waals surface area contributed by atoms with E-state index in [9.17, 15) is 16.8 Å². The molecule has 1 heterocycles. The lowest BCUT2D eigenvalue weighted by Gasteiger charge is -2.07. The monoisotopic (exact) mass is 497 g/mol. The molecule has 0 radical (unpaired) electrons. The van der Waals surface area contributed by atoms with Gasteiger partial charge in [0.1, 0.15) is 0 Å². The molecule has 1 aromatic heterocycles. The number of para-hydroxylation sites is 1. The Bertz CT molecular complexity index is 1500. The molecule has 0 aliphatic carbocycles. The summed E-state index contributed by atoms with van der Waals surface area (Å²) in [7, 11) is -7.53. The average Bonchev–Trinajstić information content (AvgIpc) is 3.19. The summed E-state index contributed by atoms with van der Waals surface area (Å²) < 4.78 is 57.8. The van der Waals surface area contributed by atoms with Crippen LogP contribution in [0, 0.1) is 13.8 Å². The summed E-state index contributed by atoms with van der Waals surface area (Å²) >= 11 is 0. The molecule has 0 bridgehead atoms. The molecule has 0 atom stereocenters. The maximum Gasteiger partial charge on any atom is 0.296 e. The zero-order valence-electron chi connectivity index (χ0n) is 19.1. The van der Waals surface area contributed by atoms with Crippen molar-refractivity contribution >= 4 is 31.0 Å². The predicted octanol–water partition coefficient (Wildman–Crippen LogP) is 5.22. The minimum absolute atomic E-state index is 0.0660. The number of benzene rings is 3. The van der Waals surface area contributed by atoms with Gasteiger partial charge in [0.15, 0.2) is 0 Å². The first kappa shape index (κ1) is 24.2. The normalized spacial score (nSPS) is 12.3. The molecule has 6 nitrogen and oxygen atoms in total. The number of aromatic nitrogens is 1. The molecule has 0 spiro atoms. The van der Waals surface area contributed by atoms with Crippen molar-refractivity contribution in [2.24, 2.45) is 0 Å². The topological polar surface area (TPSA) is 82.4 Å². The van der Waals surface area contributed by atoms with Crippen LogP contribution in [0.25, 0.3) is 10.9 Å². The van der Waals surface area contributed by atoms with Gasteiger partial charge in [-0.25, -0.2) is 12.4 Å². The van der Waals surface area contributed by atoms with Gasteiger partial charge >= 0.3 is 0 Å². The third kappa shape index (κ3) is 5.09. The minimum Gasteiger partial charge on any atom is -0.266 e. The highest BCUT2D eigenvalue weighted by molar-refractivity contribution is 7.90. The number of nitrogens with zero attached hydrogens (tertiary/aromatic N) is 1. The van der Waals surface area contributed by atoms with Crippen LogP contribution in [0.1, 0.15) is 29.5 Å². The number of fused-ring (bicyclic) bond motifs is 1. The molecule has 0 unspecified atom stereocenters. The van der Waals surface area contributed by atoms with Crippen LogP contribution >= 0.6 is 0 Å². The van der Waals surface area contributed by atoms with E-state index in [4.69, 9.17) is 4.18 Å². The van der Waals surface area contributed by atoms with E-state index in [1.165, 1.54) is 16.1 Å². The molecule has 34 heavy (non-hydrogen) atoms. The minimum atomic E-state index is -3.79. The van der Waals surface area contributed by atoms with Crippen molar-refractivity contribution in [2.75, 3.05) is 6.61 Å². The van der Waals surface area contributed by atoms with E-state index in [-0.39, 0.29) is 16.4 Å². The van der Waals surface area contributed by atoms with E-state index in [1.807, 2.05) is 32.0 Å². The Kier molecular flexibility index (Phi) is 6.93. The standard InChI is InChI=1S/C26H27NO5S2/c1-20-10-14-23(15-11-20)33(28,29)27-19-22(25-8-3-4-9-26(25)27)7-5-6-18-32-34(30,31)24-16-12-21(2)13-17-24/h3-4,8-17,19H,5-7,18H2,1-2H3. The second kappa shape index (κ2) is 9.74. The third-order valence-electron chi connectivity index (χ3n) is 5.73. The second-order valence-corrected chi connectivity index (χ2v) is 11.8. The molecule has 0 fully saturated rings. The van der Waals surface area contributed by atoms with Gasteiger partial charge in [0.25, 0.3) is 20.1 Å². The Labute approximate surface area is 201 Å². The highest BCUT2D eigenvalue weighted by Gasteiger charge is 2.21. The fourth-order valence-corrected chi connectivity index (χ4v) is 6.13. The maximum atomic E-state index is 13.3. The molecule has 0 aliphatic heterocycles. The summed E-state index contributed by atoms with van der Waals surface area (Å²) in [4.78, 5) is 0.377. The van der Waals surface area contributed by atoms with Crippen molar-refractivity contribution in [2.45, 2.75) is 42.9 Å². The zero-order valence-corrected chi connectivity index (χ0v) is 20.8. The molecule has 0 N–H and O–H groups in total. The molecule has 0 saturated heterocycles. The summed E-state index contributed by atoms with van der Waals surface area (Å²) in [5.74, 6) is 0. The molecule has 4 rings (SSSR count). The summed E-state index contributed by atoms with van der Waals surface area (Å²) in [5, 5.41) is 0.867. The second-order valence-electron chi connectivity index (χ2n) is 8.33. The average molecular weight is 498 g/mol. The van der Waals surface area contributed by atoms with E-state index >= 15 is 0 Å². The van der Waals surface area contributed by atoms with E-state index in [1.54, 1.807) is 48.7 Å². The van der Waals surface area contributed by atoms with Gasteiger partial charge in [-0.2, -0.15) is 8.42 Å². The molecular weight excluding hydrogens is 470 g/mol. The number of unbranched alkanes of at least 4 members (excludes halogenated alkanes) is 1. The van der Waals surface area contributed by atoms with Crippen molar-refractivity contribution in [1.29, 1.82) is 0 Å². The number of hydrogen-bond donors (Lipinski definition) is 0.